The van der Waals surface area contributed by atoms with E-state index < -0.39 is 5.97 Å². The Hall–Kier alpha value is -2.07. The van der Waals surface area contributed by atoms with Crippen LogP contribution in [-0.2, 0) is 6.54 Å². The molecule has 2 rings (SSSR count). The number of carboxylic acids is 1. The third kappa shape index (κ3) is 3.08. The van der Waals surface area contributed by atoms with E-state index in [0.717, 1.165) is 0 Å². The minimum absolute atomic E-state index is 0.176. The molecular formula is C16H19NO3. The van der Waals surface area contributed by atoms with Crippen molar-refractivity contribution in [1.82, 2.24) is 5.32 Å². The lowest BCUT2D eigenvalue weighted by Crippen LogP contribution is -2.18. The first-order valence-corrected chi connectivity index (χ1v) is 6.60. The summed E-state index contributed by atoms with van der Waals surface area (Å²) in [6.45, 7) is 6.32. The van der Waals surface area contributed by atoms with Gasteiger partial charge >= 0.3 is 5.97 Å². The monoisotopic (exact) mass is 273 g/mol. The number of nitrogens with one attached hydrogen (secondary N) is 1. The molecule has 1 atom stereocenters. The van der Waals surface area contributed by atoms with Crippen LogP contribution in [0.4, 0.5) is 0 Å². The summed E-state index contributed by atoms with van der Waals surface area (Å²) < 4.78 is 5.45. The molecule has 0 fully saturated rings. The zero-order valence-corrected chi connectivity index (χ0v) is 11.9. The summed E-state index contributed by atoms with van der Waals surface area (Å²) in [7, 11) is 0. The Labute approximate surface area is 118 Å². The van der Waals surface area contributed by atoms with Gasteiger partial charge in [0.25, 0.3) is 0 Å². The molecule has 0 radical (unpaired) electrons. The predicted molar refractivity (Wildman–Crippen MR) is 76.8 cm³/mol. The number of benzene rings is 1. The maximum absolute atomic E-state index is 11.0. The Balaban J connectivity index is 2.04. The number of aromatic carboxylic acids is 1. The number of furan rings is 1. The first-order valence-electron chi connectivity index (χ1n) is 6.60. The molecule has 0 aliphatic rings. The molecule has 1 unspecified atom stereocenters. The topological polar surface area (TPSA) is 62.5 Å². The highest BCUT2D eigenvalue weighted by Gasteiger charge is 2.14. The van der Waals surface area contributed by atoms with Crippen molar-refractivity contribution in [2.45, 2.75) is 33.4 Å². The molecule has 2 aromatic rings. The van der Waals surface area contributed by atoms with Gasteiger partial charge in [-0.3, -0.25) is 0 Å². The van der Waals surface area contributed by atoms with Crippen LogP contribution in [0.2, 0.25) is 0 Å². The molecule has 0 amide bonds. The molecule has 4 heteroatoms. The van der Waals surface area contributed by atoms with E-state index in [1.165, 1.54) is 11.1 Å². The van der Waals surface area contributed by atoms with Gasteiger partial charge in [0.1, 0.15) is 17.1 Å². The summed E-state index contributed by atoms with van der Waals surface area (Å²) in [4.78, 5) is 11.0. The summed E-state index contributed by atoms with van der Waals surface area (Å²) in [5, 5.41) is 12.3. The lowest BCUT2D eigenvalue weighted by Gasteiger charge is -2.15. The Morgan fingerprint density at radius 2 is 2.05 bits per heavy atom. The van der Waals surface area contributed by atoms with Crippen LogP contribution in [0.5, 0.6) is 0 Å². The number of rotatable bonds is 5. The molecule has 2 N–H and O–H groups in total. The minimum atomic E-state index is -0.954. The lowest BCUT2D eigenvalue weighted by molar-refractivity contribution is 0.0695. The quantitative estimate of drug-likeness (QED) is 0.876. The predicted octanol–water partition coefficient (Wildman–Crippen LogP) is 3.45. The summed E-state index contributed by atoms with van der Waals surface area (Å²) in [6, 6.07) is 9.95. The van der Waals surface area contributed by atoms with E-state index in [2.05, 4.69) is 31.3 Å². The molecule has 0 aliphatic heterocycles. The van der Waals surface area contributed by atoms with Gasteiger partial charge in [-0.25, -0.2) is 4.79 Å². The van der Waals surface area contributed by atoms with Crippen molar-refractivity contribution in [1.29, 1.82) is 0 Å². The molecule has 0 saturated heterocycles. The standard InChI is InChI=1S/C16H19NO3/c1-10-6-4-5-7-14(10)11(2)17-9-13-8-15(16(18)19)12(3)20-13/h4-8,11,17H,9H2,1-3H3,(H,18,19). The molecule has 20 heavy (non-hydrogen) atoms. The third-order valence-corrected chi connectivity index (χ3v) is 3.44. The molecule has 1 aromatic heterocycles. The minimum Gasteiger partial charge on any atom is -0.478 e. The lowest BCUT2D eigenvalue weighted by atomic mass is 10.0. The summed E-state index contributed by atoms with van der Waals surface area (Å²) in [5.41, 5.74) is 2.69. The molecule has 106 valence electrons. The molecule has 0 aliphatic carbocycles. The van der Waals surface area contributed by atoms with Crippen LogP contribution >= 0.6 is 0 Å². The largest absolute Gasteiger partial charge is 0.478 e. The summed E-state index contributed by atoms with van der Waals surface area (Å²) in [5.74, 6) is 0.127. The first kappa shape index (κ1) is 14.3. The van der Waals surface area contributed by atoms with Crippen molar-refractivity contribution >= 4 is 5.97 Å². The van der Waals surface area contributed by atoms with E-state index in [1.54, 1.807) is 13.0 Å². The number of aryl methyl sites for hydroxylation is 2. The fourth-order valence-corrected chi connectivity index (χ4v) is 2.28. The number of carboxylic acid groups (broad SMARTS) is 1. The summed E-state index contributed by atoms with van der Waals surface area (Å²) in [6.07, 6.45) is 0. The molecule has 0 spiro atoms. The van der Waals surface area contributed by atoms with E-state index in [-0.39, 0.29) is 11.6 Å². The maximum atomic E-state index is 11.0. The van der Waals surface area contributed by atoms with E-state index >= 15 is 0 Å². The molecule has 4 nitrogen and oxygen atoms in total. The van der Waals surface area contributed by atoms with Crippen LogP contribution in [0.25, 0.3) is 0 Å². The fourth-order valence-electron chi connectivity index (χ4n) is 2.28. The van der Waals surface area contributed by atoms with E-state index in [1.807, 2.05) is 12.1 Å². The molecule has 0 saturated carbocycles. The number of hydrogen-bond donors (Lipinski definition) is 2. The highest BCUT2D eigenvalue weighted by Crippen LogP contribution is 2.19. The average molecular weight is 273 g/mol. The van der Waals surface area contributed by atoms with Gasteiger partial charge in [0.05, 0.1) is 6.54 Å². The van der Waals surface area contributed by atoms with E-state index in [9.17, 15) is 4.79 Å². The zero-order chi connectivity index (χ0) is 14.7. The Bertz CT molecular complexity index is 616. The van der Waals surface area contributed by atoms with Gasteiger partial charge < -0.3 is 14.8 Å². The van der Waals surface area contributed by atoms with Crippen molar-refractivity contribution in [2.24, 2.45) is 0 Å². The van der Waals surface area contributed by atoms with Crippen molar-refractivity contribution in [3.05, 3.63) is 58.5 Å². The van der Waals surface area contributed by atoms with Crippen LogP contribution in [0.15, 0.2) is 34.7 Å². The second-order valence-corrected chi connectivity index (χ2v) is 4.95. The van der Waals surface area contributed by atoms with Gasteiger partial charge in [-0.1, -0.05) is 24.3 Å². The normalized spacial score (nSPS) is 12.3. The maximum Gasteiger partial charge on any atom is 0.339 e. The van der Waals surface area contributed by atoms with Crippen LogP contribution < -0.4 is 5.32 Å². The Morgan fingerprint density at radius 1 is 1.35 bits per heavy atom. The number of hydrogen-bond acceptors (Lipinski definition) is 3. The first-order chi connectivity index (χ1) is 9.49. The smallest absolute Gasteiger partial charge is 0.339 e. The SMILES string of the molecule is Cc1ccccc1C(C)NCc1cc(C(=O)O)c(C)o1. The average Bonchev–Trinajstić information content (AvgIpc) is 2.78. The van der Waals surface area contributed by atoms with Crippen LogP contribution in [-0.4, -0.2) is 11.1 Å². The summed E-state index contributed by atoms with van der Waals surface area (Å²) >= 11 is 0. The molecule has 1 aromatic carbocycles. The second kappa shape index (κ2) is 5.92. The molecule has 0 bridgehead atoms. The highest BCUT2D eigenvalue weighted by molar-refractivity contribution is 5.88. The highest BCUT2D eigenvalue weighted by atomic mass is 16.4. The molecule has 1 heterocycles. The van der Waals surface area contributed by atoms with Crippen molar-refractivity contribution < 1.29 is 14.3 Å². The van der Waals surface area contributed by atoms with Gasteiger partial charge in [-0.05, 0) is 38.0 Å². The van der Waals surface area contributed by atoms with Gasteiger partial charge in [-0.15, -0.1) is 0 Å². The fraction of sp³-hybridized carbons (Fsp3) is 0.312. The van der Waals surface area contributed by atoms with Crippen molar-refractivity contribution in [3.63, 3.8) is 0 Å². The molecular weight excluding hydrogens is 254 g/mol. The Kier molecular flexibility index (Phi) is 4.25. The van der Waals surface area contributed by atoms with Crippen molar-refractivity contribution in [3.8, 4) is 0 Å². The Morgan fingerprint density at radius 3 is 2.65 bits per heavy atom. The number of carbonyl (C=O) groups is 1. The second-order valence-electron chi connectivity index (χ2n) is 4.95. The van der Waals surface area contributed by atoms with Gasteiger partial charge in [-0.2, -0.15) is 0 Å². The van der Waals surface area contributed by atoms with E-state index in [0.29, 0.717) is 18.1 Å². The van der Waals surface area contributed by atoms with Gasteiger partial charge in [0.2, 0.25) is 0 Å². The van der Waals surface area contributed by atoms with Crippen LogP contribution in [0, 0.1) is 13.8 Å². The zero-order valence-electron chi connectivity index (χ0n) is 11.9. The van der Waals surface area contributed by atoms with E-state index in [4.69, 9.17) is 9.52 Å². The third-order valence-electron chi connectivity index (χ3n) is 3.44. The van der Waals surface area contributed by atoms with Gasteiger partial charge in [0, 0.05) is 6.04 Å². The van der Waals surface area contributed by atoms with Crippen LogP contribution in [0.1, 0.15) is 46.0 Å². The van der Waals surface area contributed by atoms with Crippen molar-refractivity contribution in [2.75, 3.05) is 0 Å². The van der Waals surface area contributed by atoms with Crippen LogP contribution in [0.3, 0.4) is 0 Å². The van der Waals surface area contributed by atoms with Gasteiger partial charge in [0.15, 0.2) is 0 Å².